The standard InChI is InChI=1S/C10H9FN4O2/c1-2-9-12-13-14-15(9)8-5-6(10(16)17)3-4-7(8)11/h3-5H,2H2,1H3,(H,16,17). The van der Waals surface area contributed by atoms with Gasteiger partial charge in [0, 0.05) is 6.42 Å². The molecule has 1 aromatic heterocycles. The third kappa shape index (κ3) is 1.99. The molecule has 1 aromatic carbocycles. The van der Waals surface area contributed by atoms with E-state index in [0.29, 0.717) is 12.2 Å². The van der Waals surface area contributed by atoms with Gasteiger partial charge in [0.05, 0.1) is 5.56 Å². The van der Waals surface area contributed by atoms with Gasteiger partial charge in [-0.25, -0.2) is 9.18 Å². The zero-order chi connectivity index (χ0) is 12.4. The molecular weight excluding hydrogens is 227 g/mol. The van der Waals surface area contributed by atoms with E-state index in [4.69, 9.17) is 5.11 Å². The zero-order valence-corrected chi connectivity index (χ0v) is 8.96. The Labute approximate surface area is 95.7 Å². The molecule has 0 aliphatic heterocycles. The van der Waals surface area contributed by atoms with Crippen molar-refractivity contribution in [3.63, 3.8) is 0 Å². The van der Waals surface area contributed by atoms with Gasteiger partial charge in [0.15, 0.2) is 5.82 Å². The average molecular weight is 236 g/mol. The van der Waals surface area contributed by atoms with Crippen molar-refractivity contribution in [1.29, 1.82) is 0 Å². The molecule has 1 heterocycles. The number of aryl methyl sites for hydroxylation is 1. The summed E-state index contributed by atoms with van der Waals surface area (Å²) in [4.78, 5) is 10.8. The summed E-state index contributed by atoms with van der Waals surface area (Å²) >= 11 is 0. The lowest BCUT2D eigenvalue weighted by molar-refractivity contribution is 0.0697. The Balaban J connectivity index is 2.58. The van der Waals surface area contributed by atoms with Crippen LogP contribution in [0.25, 0.3) is 5.69 Å². The van der Waals surface area contributed by atoms with Crippen LogP contribution in [0.3, 0.4) is 0 Å². The Hall–Kier alpha value is -2.31. The van der Waals surface area contributed by atoms with E-state index in [1.165, 1.54) is 16.8 Å². The van der Waals surface area contributed by atoms with Crippen LogP contribution < -0.4 is 0 Å². The van der Waals surface area contributed by atoms with Crippen molar-refractivity contribution in [1.82, 2.24) is 20.2 Å². The van der Waals surface area contributed by atoms with Crippen LogP contribution in [0, 0.1) is 5.82 Å². The maximum Gasteiger partial charge on any atom is 0.335 e. The Morgan fingerprint density at radius 3 is 2.94 bits per heavy atom. The Morgan fingerprint density at radius 2 is 2.29 bits per heavy atom. The lowest BCUT2D eigenvalue weighted by atomic mass is 10.2. The predicted octanol–water partition coefficient (Wildman–Crippen LogP) is 1.06. The quantitative estimate of drug-likeness (QED) is 0.861. The minimum Gasteiger partial charge on any atom is -0.478 e. The highest BCUT2D eigenvalue weighted by atomic mass is 19.1. The van der Waals surface area contributed by atoms with E-state index >= 15 is 0 Å². The van der Waals surface area contributed by atoms with Crippen molar-refractivity contribution in [2.24, 2.45) is 0 Å². The molecule has 6 nitrogen and oxygen atoms in total. The summed E-state index contributed by atoms with van der Waals surface area (Å²) in [6.07, 6.45) is 0.518. The largest absolute Gasteiger partial charge is 0.478 e. The summed E-state index contributed by atoms with van der Waals surface area (Å²) in [5, 5.41) is 19.6. The fourth-order valence-electron chi connectivity index (χ4n) is 1.42. The first kappa shape index (κ1) is 11.2. The molecule has 2 rings (SSSR count). The van der Waals surface area contributed by atoms with Crippen LogP contribution in [0.2, 0.25) is 0 Å². The van der Waals surface area contributed by atoms with Gasteiger partial charge in [-0.05, 0) is 28.6 Å². The molecule has 0 saturated carbocycles. The number of aromatic nitrogens is 4. The average Bonchev–Trinajstić information content (AvgIpc) is 2.77. The Kier molecular flexibility index (Phi) is 2.82. The molecule has 0 spiro atoms. The summed E-state index contributed by atoms with van der Waals surface area (Å²) in [5.74, 6) is -1.24. The van der Waals surface area contributed by atoms with Gasteiger partial charge in [-0.2, -0.15) is 4.68 Å². The monoisotopic (exact) mass is 236 g/mol. The number of benzene rings is 1. The molecule has 0 aliphatic carbocycles. The summed E-state index contributed by atoms with van der Waals surface area (Å²) in [6.45, 7) is 1.82. The van der Waals surface area contributed by atoms with Crippen molar-refractivity contribution in [2.45, 2.75) is 13.3 Å². The molecule has 7 heteroatoms. The van der Waals surface area contributed by atoms with Gasteiger partial charge in [0.2, 0.25) is 0 Å². The molecule has 0 fully saturated rings. The highest BCUT2D eigenvalue weighted by molar-refractivity contribution is 5.88. The van der Waals surface area contributed by atoms with Crippen molar-refractivity contribution in [3.05, 3.63) is 35.4 Å². The fraction of sp³-hybridized carbons (Fsp3) is 0.200. The summed E-state index contributed by atoms with van der Waals surface area (Å²) < 4.78 is 14.8. The second-order valence-electron chi connectivity index (χ2n) is 3.33. The van der Waals surface area contributed by atoms with E-state index in [-0.39, 0.29) is 11.3 Å². The van der Waals surface area contributed by atoms with Gasteiger partial charge in [-0.1, -0.05) is 6.92 Å². The molecular formula is C10H9FN4O2. The van der Waals surface area contributed by atoms with Gasteiger partial charge < -0.3 is 5.11 Å². The normalized spacial score (nSPS) is 10.5. The van der Waals surface area contributed by atoms with Gasteiger partial charge in [-0.15, -0.1) is 5.10 Å². The van der Waals surface area contributed by atoms with E-state index in [9.17, 15) is 9.18 Å². The van der Waals surface area contributed by atoms with E-state index in [2.05, 4.69) is 15.5 Å². The third-order valence-corrected chi connectivity index (χ3v) is 2.27. The van der Waals surface area contributed by atoms with Gasteiger partial charge in [-0.3, -0.25) is 0 Å². The summed E-state index contributed by atoms with van der Waals surface area (Å²) in [7, 11) is 0. The predicted molar refractivity (Wildman–Crippen MR) is 55.4 cm³/mol. The van der Waals surface area contributed by atoms with Crippen LogP contribution >= 0.6 is 0 Å². The number of hydrogen-bond acceptors (Lipinski definition) is 4. The van der Waals surface area contributed by atoms with Crippen LogP contribution in [0.15, 0.2) is 18.2 Å². The molecule has 17 heavy (non-hydrogen) atoms. The number of tetrazole rings is 1. The number of carboxylic acids is 1. The smallest absolute Gasteiger partial charge is 0.335 e. The highest BCUT2D eigenvalue weighted by Crippen LogP contribution is 2.15. The van der Waals surface area contributed by atoms with Gasteiger partial charge in [0.25, 0.3) is 0 Å². The van der Waals surface area contributed by atoms with E-state index < -0.39 is 11.8 Å². The highest BCUT2D eigenvalue weighted by Gasteiger charge is 2.14. The van der Waals surface area contributed by atoms with Crippen LogP contribution in [-0.2, 0) is 6.42 Å². The molecule has 2 aromatic rings. The lowest BCUT2D eigenvalue weighted by Crippen LogP contribution is -2.07. The maximum absolute atomic E-state index is 13.6. The summed E-state index contributed by atoms with van der Waals surface area (Å²) in [6, 6.07) is 3.48. The SMILES string of the molecule is CCc1nnnn1-c1cc(C(=O)O)ccc1F. The second-order valence-corrected chi connectivity index (χ2v) is 3.33. The molecule has 0 unspecified atom stereocenters. The van der Waals surface area contributed by atoms with Gasteiger partial charge >= 0.3 is 5.97 Å². The van der Waals surface area contributed by atoms with Crippen LogP contribution in [0.4, 0.5) is 4.39 Å². The van der Waals surface area contributed by atoms with E-state index in [1.54, 1.807) is 0 Å². The molecule has 0 saturated heterocycles. The molecule has 0 aliphatic rings. The molecule has 0 amide bonds. The minimum absolute atomic E-state index is 0.0149. The van der Waals surface area contributed by atoms with E-state index in [1.807, 2.05) is 6.92 Å². The minimum atomic E-state index is -1.13. The summed E-state index contributed by atoms with van der Waals surface area (Å²) in [5.41, 5.74) is 0.0192. The molecule has 0 radical (unpaired) electrons. The first-order valence-electron chi connectivity index (χ1n) is 4.94. The third-order valence-electron chi connectivity index (χ3n) is 2.27. The Morgan fingerprint density at radius 1 is 1.53 bits per heavy atom. The number of carboxylic acid groups (broad SMARTS) is 1. The van der Waals surface area contributed by atoms with Crippen molar-refractivity contribution >= 4 is 5.97 Å². The first-order valence-corrected chi connectivity index (χ1v) is 4.94. The topological polar surface area (TPSA) is 80.9 Å². The lowest BCUT2D eigenvalue weighted by Gasteiger charge is -2.05. The second kappa shape index (κ2) is 4.28. The number of aromatic carboxylic acids is 1. The number of rotatable bonds is 3. The van der Waals surface area contributed by atoms with Crippen LogP contribution in [-0.4, -0.2) is 31.3 Å². The van der Waals surface area contributed by atoms with Crippen molar-refractivity contribution in [3.8, 4) is 5.69 Å². The zero-order valence-electron chi connectivity index (χ0n) is 8.96. The van der Waals surface area contributed by atoms with Crippen molar-refractivity contribution < 1.29 is 14.3 Å². The Bertz CT molecular complexity index is 567. The number of nitrogens with zero attached hydrogens (tertiary/aromatic N) is 4. The molecule has 88 valence electrons. The molecule has 0 bridgehead atoms. The number of carbonyl (C=O) groups is 1. The molecule has 1 N–H and O–H groups in total. The van der Waals surface area contributed by atoms with Crippen molar-refractivity contribution in [2.75, 3.05) is 0 Å². The maximum atomic E-state index is 13.6. The van der Waals surface area contributed by atoms with Gasteiger partial charge in [0.1, 0.15) is 11.5 Å². The van der Waals surface area contributed by atoms with E-state index in [0.717, 1.165) is 6.07 Å². The van der Waals surface area contributed by atoms with Crippen LogP contribution in [0.5, 0.6) is 0 Å². The number of hydrogen-bond donors (Lipinski definition) is 1. The number of halogens is 1. The van der Waals surface area contributed by atoms with Crippen LogP contribution in [0.1, 0.15) is 23.1 Å². The first-order chi connectivity index (χ1) is 8.13. The molecule has 0 atom stereocenters. The fourth-order valence-corrected chi connectivity index (χ4v) is 1.42.